The summed E-state index contributed by atoms with van der Waals surface area (Å²) in [6, 6.07) is 9.09. The van der Waals surface area contributed by atoms with Gasteiger partial charge in [-0.25, -0.2) is 0 Å². The molecular weight excluding hydrogens is 366 g/mol. The van der Waals surface area contributed by atoms with Gasteiger partial charge in [0.1, 0.15) is 5.75 Å². The number of guanidine groups is 1. The molecule has 1 amide bonds. The molecule has 1 aromatic carbocycles. The van der Waals surface area contributed by atoms with Crippen molar-refractivity contribution in [2.45, 2.75) is 50.6 Å². The van der Waals surface area contributed by atoms with Crippen LogP contribution in [0, 0.1) is 0 Å². The molecule has 0 spiro atoms. The van der Waals surface area contributed by atoms with Gasteiger partial charge in [0, 0.05) is 32.6 Å². The number of benzene rings is 1. The van der Waals surface area contributed by atoms with Crippen molar-refractivity contribution < 1.29 is 9.53 Å². The molecule has 0 aromatic heterocycles. The zero-order valence-corrected chi connectivity index (χ0v) is 17.7. The standard InChI is InChI=1S/C22H35N5O2/c1-23-22(24-13-5-6-21(28)26-18-9-10-18)25-16-20(27-14-3-4-15-27)17-7-11-19(29-2)12-8-17/h7-8,11-12,18,20H,3-6,9-10,13-16H2,1-2H3,(H,26,28)(H2,23,24,25). The number of carbonyl (C=O) groups is 1. The Kier molecular flexibility index (Phi) is 8.16. The lowest BCUT2D eigenvalue weighted by Gasteiger charge is -2.29. The van der Waals surface area contributed by atoms with Gasteiger partial charge in [-0.1, -0.05) is 12.1 Å². The van der Waals surface area contributed by atoms with E-state index in [9.17, 15) is 4.79 Å². The number of ether oxygens (including phenoxy) is 1. The minimum absolute atomic E-state index is 0.158. The number of carbonyl (C=O) groups excluding carboxylic acids is 1. The summed E-state index contributed by atoms with van der Waals surface area (Å²) >= 11 is 0. The summed E-state index contributed by atoms with van der Waals surface area (Å²) in [4.78, 5) is 18.6. The van der Waals surface area contributed by atoms with Crippen LogP contribution in [0.5, 0.6) is 5.75 Å². The number of hydrogen-bond acceptors (Lipinski definition) is 4. The average molecular weight is 402 g/mol. The summed E-state index contributed by atoms with van der Waals surface area (Å²) in [5.41, 5.74) is 1.28. The maximum Gasteiger partial charge on any atom is 0.220 e. The highest BCUT2D eigenvalue weighted by Crippen LogP contribution is 2.26. The fourth-order valence-corrected chi connectivity index (χ4v) is 3.73. The van der Waals surface area contributed by atoms with E-state index in [1.807, 2.05) is 12.1 Å². The van der Waals surface area contributed by atoms with E-state index in [2.05, 4.69) is 38.0 Å². The Morgan fingerprint density at radius 3 is 2.55 bits per heavy atom. The smallest absolute Gasteiger partial charge is 0.220 e. The van der Waals surface area contributed by atoms with Crippen molar-refractivity contribution in [3.63, 3.8) is 0 Å². The lowest BCUT2D eigenvalue weighted by atomic mass is 10.1. The first-order chi connectivity index (χ1) is 14.2. The molecule has 1 aliphatic carbocycles. The van der Waals surface area contributed by atoms with Gasteiger partial charge in [-0.15, -0.1) is 0 Å². The number of likely N-dealkylation sites (tertiary alicyclic amines) is 1. The second-order valence-electron chi connectivity index (χ2n) is 7.86. The molecule has 1 saturated heterocycles. The van der Waals surface area contributed by atoms with E-state index in [-0.39, 0.29) is 5.91 Å². The molecule has 1 aromatic rings. The quantitative estimate of drug-likeness (QED) is 0.318. The third-order valence-electron chi connectivity index (χ3n) is 5.58. The van der Waals surface area contributed by atoms with E-state index in [1.165, 1.54) is 18.4 Å². The molecule has 0 bridgehead atoms. The number of methoxy groups -OCH3 is 1. The number of nitrogens with one attached hydrogen (secondary N) is 3. The molecule has 1 heterocycles. The van der Waals surface area contributed by atoms with Gasteiger partial charge in [-0.3, -0.25) is 14.7 Å². The van der Waals surface area contributed by atoms with Crippen LogP contribution in [0.25, 0.3) is 0 Å². The van der Waals surface area contributed by atoms with Gasteiger partial charge in [0.2, 0.25) is 5.91 Å². The van der Waals surface area contributed by atoms with E-state index in [0.29, 0.717) is 18.5 Å². The molecule has 7 heteroatoms. The van der Waals surface area contributed by atoms with Gasteiger partial charge in [0.05, 0.1) is 13.2 Å². The van der Waals surface area contributed by atoms with Crippen LogP contribution in [0.15, 0.2) is 29.3 Å². The molecular formula is C22H35N5O2. The molecule has 160 valence electrons. The zero-order valence-electron chi connectivity index (χ0n) is 17.7. The van der Waals surface area contributed by atoms with Crippen LogP contribution in [-0.2, 0) is 4.79 Å². The van der Waals surface area contributed by atoms with Crippen LogP contribution in [0.1, 0.15) is 50.1 Å². The van der Waals surface area contributed by atoms with Gasteiger partial charge in [0.25, 0.3) is 0 Å². The minimum atomic E-state index is 0.158. The van der Waals surface area contributed by atoms with Crippen molar-refractivity contribution in [3.05, 3.63) is 29.8 Å². The molecule has 3 N–H and O–H groups in total. The van der Waals surface area contributed by atoms with Gasteiger partial charge in [-0.2, -0.15) is 0 Å². The number of rotatable bonds is 10. The van der Waals surface area contributed by atoms with Crippen LogP contribution in [0.3, 0.4) is 0 Å². The Hall–Kier alpha value is -2.28. The third-order valence-corrected chi connectivity index (χ3v) is 5.58. The third kappa shape index (κ3) is 6.92. The summed E-state index contributed by atoms with van der Waals surface area (Å²) in [6.07, 6.45) is 6.13. The van der Waals surface area contributed by atoms with Gasteiger partial charge < -0.3 is 20.7 Å². The molecule has 2 fully saturated rings. The normalized spacial score (nSPS) is 18.3. The molecule has 29 heavy (non-hydrogen) atoms. The van der Waals surface area contributed by atoms with Crippen molar-refractivity contribution in [2.75, 3.05) is 40.3 Å². The van der Waals surface area contributed by atoms with Crippen LogP contribution < -0.4 is 20.7 Å². The van der Waals surface area contributed by atoms with Crippen molar-refractivity contribution in [1.29, 1.82) is 0 Å². The molecule has 0 radical (unpaired) electrons. The predicted octanol–water partition coefficient (Wildman–Crippen LogP) is 2.06. The highest BCUT2D eigenvalue weighted by Gasteiger charge is 2.24. The summed E-state index contributed by atoms with van der Waals surface area (Å²) in [6.45, 7) is 3.77. The lowest BCUT2D eigenvalue weighted by molar-refractivity contribution is -0.121. The van der Waals surface area contributed by atoms with Crippen molar-refractivity contribution in [1.82, 2.24) is 20.9 Å². The maximum atomic E-state index is 11.8. The number of nitrogens with zero attached hydrogens (tertiary/aromatic N) is 2. The first-order valence-electron chi connectivity index (χ1n) is 10.8. The average Bonchev–Trinajstić information content (AvgIpc) is 3.39. The van der Waals surface area contributed by atoms with E-state index in [0.717, 1.165) is 57.2 Å². The van der Waals surface area contributed by atoms with E-state index in [4.69, 9.17) is 4.74 Å². The maximum absolute atomic E-state index is 11.8. The molecule has 1 aliphatic heterocycles. The van der Waals surface area contributed by atoms with E-state index < -0.39 is 0 Å². The Labute approximate surface area is 174 Å². The van der Waals surface area contributed by atoms with Gasteiger partial charge in [0.15, 0.2) is 5.96 Å². The number of amides is 1. The Morgan fingerprint density at radius 2 is 1.93 bits per heavy atom. The summed E-state index contributed by atoms with van der Waals surface area (Å²) < 4.78 is 5.30. The molecule has 3 rings (SSSR count). The van der Waals surface area contributed by atoms with E-state index >= 15 is 0 Å². The highest BCUT2D eigenvalue weighted by molar-refractivity contribution is 5.80. The van der Waals surface area contributed by atoms with E-state index in [1.54, 1.807) is 14.2 Å². The molecule has 1 saturated carbocycles. The largest absolute Gasteiger partial charge is 0.497 e. The fourth-order valence-electron chi connectivity index (χ4n) is 3.73. The van der Waals surface area contributed by atoms with Crippen molar-refractivity contribution in [2.24, 2.45) is 4.99 Å². The summed E-state index contributed by atoms with van der Waals surface area (Å²) in [5, 5.41) is 9.83. The monoisotopic (exact) mass is 401 g/mol. The summed E-state index contributed by atoms with van der Waals surface area (Å²) in [7, 11) is 3.48. The second kappa shape index (κ2) is 11.0. The lowest BCUT2D eigenvalue weighted by Crippen LogP contribution is -2.43. The van der Waals surface area contributed by atoms with Crippen LogP contribution >= 0.6 is 0 Å². The van der Waals surface area contributed by atoms with Crippen molar-refractivity contribution >= 4 is 11.9 Å². The minimum Gasteiger partial charge on any atom is -0.497 e. The Bertz CT molecular complexity index is 666. The van der Waals surface area contributed by atoms with Crippen LogP contribution in [-0.4, -0.2) is 63.1 Å². The van der Waals surface area contributed by atoms with Crippen molar-refractivity contribution in [3.8, 4) is 5.75 Å². The summed E-state index contributed by atoms with van der Waals surface area (Å²) in [5.74, 6) is 1.82. The van der Waals surface area contributed by atoms with Crippen LogP contribution in [0.2, 0.25) is 0 Å². The SMILES string of the molecule is CN=C(NCCCC(=O)NC1CC1)NCC(c1ccc(OC)cc1)N1CCCC1. The topological polar surface area (TPSA) is 78.0 Å². The molecule has 7 nitrogen and oxygen atoms in total. The molecule has 1 unspecified atom stereocenters. The molecule has 1 atom stereocenters. The predicted molar refractivity (Wildman–Crippen MR) is 116 cm³/mol. The number of aliphatic imine (C=N–C) groups is 1. The molecule has 2 aliphatic rings. The number of hydrogen-bond donors (Lipinski definition) is 3. The van der Waals surface area contributed by atoms with Crippen LogP contribution in [0.4, 0.5) is 0 Å². The Morgan fingerprint density at radius 1 is 1.21 bits per heavy atom. The zero-order chi connectivity index (χ0) is 20.5. The Balaban J connectivity index is 1.46. The fraction of sp³-hybridized carbons (Fsp3) is 0.636. The first-order valence-corrected chi connectivity index (χ1v) is 10.8. The van der Waals surface area contributed by atoms with Gasteiger partial charge >= 0.3 is 0 Å². The van der Waals surface area contributed by atoms with Gasteiger partial charge in [-0.05, 0) is 62.9 Å². The highest BCUT2D eigenvalue weighted by atomic mass is 16.5. The first kappa shape index (κ1) is 21.4. The second-order valence-corrected chi connectivity index (χ2v) is 7.86.